The third-order valence-electron chi connectivity index (χ3n) is 4.60. The fraction of sp³-hybridized carbons (Fsp3) is 0.316. The van der Waals surface area contributed by atoms with Crippen LogP contribution in [0.4, 0.5) is 0 Å². The molecule has 2 aromatic carbocycles. The van der Waals surface area contributed by atoms with Crippen LogP contribution in [0, 0.1) is 0 Å². The molecule has 120 valence electrons. The van der Waals surface area contributed by atoms with E-state index in [-0.39, 0.29) is 11.9 Å². The van der Waals surface area contributed by atoms with E-state index in [4.69, 9.17) is 11.6 Å². The van der Waals surface area contributed by atoms with Crippen molar-refractivity contribution in [3.05, 3.63) is 70.7 Å². The number of rotatable bonds is 3. The number of halogens is 1. The molecule has 1 fully saturated rings. The number of carbonyl (C=O) groups excluding carboxylic acids is 1. The van der Waals surface area contributed by atoms with Gasteiger partial charge in [0.1, 0.15) is 6.04 Å². The predicted molar refractivity (Wildman–Crippen MR) is 92.7 cm³/mol. The molecule has 1 N–H and O–H groups in total. The molecule has 0 bridgehead atoms. The minimum atomic E-state index is 0.173. The lowest BCUT2D eigenvalue weighted by Gasteiger charge is -2.36. The summed E-state index contributed by atoms with van der Waals surface area (Å²) >= 11 is 6.05. The number of carbonyl (C=O) groups is 1. The Morgan fingerprint density at radius 2 is 1.57 bits per heavy atom. The number of hydrogen-bond acceptors (Lipinski definition) is 1. The Morgan fingerprint density at radius 1 is 1.00 bits per heavy atom. The summed E-state index contributed by atoms with van der Waals surface area (Å²) in [5, 5.41) is 0.761. The van der Waals surface area contributed by atoms with Crippen LogP contribution in [0.2, 0.25) is 5.02 Å². The average Bonchev–Trinajstić information content (AvgIpc) is 2.58. The highest BCUT2D eigenvalue weighted by atomic mass is 35.5. The van der Waals surface area contributed by atoms with Crippen molar-refractivity contribution in [1.82, 2.24) is 4.90 Å². The standard InChI is InChI=1S/C19H21ClN2O/c1-15(23)21-11-13-22(14-12-21)19(16-5-3-2-4-6-16)17-7-9-18(20)10-8-17/h2-10,19H,11-14H2,1H3/p+1/t19-/m0/s1. The zero-order chi connectivity index (χ0) is 16.2. The van der Waals surface area contributed by atoms with E-state index < -0.39 is 0 Å². The molecule has 23 heavy (non-hydrogen) atoms. The van der Waals surface area contributed by atoms with Gasteiger partial charge in [-0.1, -0.05) is 54.1 Å². The largest absolute Gasteiger partial charge is 0.332 e. The smallest absolute Gasteiger partial charge is 0.219 e. The Hall–Kier alpha value is -1.84. The first kappa shape index (κ1) is 16.0. The van der Waals surface area contributed by atoms with Gasteiger partial charge in [-0.15, -0.1) is 0 Å². The van der Waals surface area contributed by atoms with Crippen molar-refractivity contribution in [2.24, 2.45) is 0 Å². The van der Waals surface area contributed by atoms with Gasteiger partial charge in [0.2, 0.25) is 5.91 Å². The summed E-state index contributed by atoms with van der Waals surface area (Å²) < 4.78 is 0. The Bertz CT molecular complexity index is 649. The molecule has 1 saturated heterocycles. The molecular formula is C19H22ClN2O+. The lowest BCUT2D eigenvalue weighted by molar-refractivity contribution is -0.929. The van der Waals surface area contributed by atoms with Gasteiger partial charge in [0.25, 0.3) is 0 Å². The van der Waals surface area contributed by atoms with E-state index in [9.17, 15) is 4.79 Å². The van der Waals surface area contributed by atoms with Gasteiger partial charge >= 0.3 is 0 Å². The molecule has 1 amide bonds. The molecule has 0 spiro atoms. The van der Waals surface area contributed by atoms with E-state index >= 15 is 0 Å². The van der Waals surface area contributed by atoms with Crippen molar-refractivity contribution in [3.63, 3.8) is 0 Å². The molecular weight excluding hydrogens is 308 g/mol. The Morgan fingerprint density at radius 3 is 2.13 bits per heavy atom. The molecule has 3 nitrogen and oxygen atoms in total. The van der Waals surface area contributed by atoms with Gasteiger partial charge in [-0.25, -0.2) is 0 Å². The number of nitrogens with zero attached hydrogens (tertiary/aromatic N) is 1. The molecule has 0 unspecified atom stereocenters. The molecule has 1 heterocycles. The van der Waals surface area contributed by atoms with Gasteiger partial charge in [0.15, 0.2) is 0 Å². The van der Waals surface area contributed by atoms with Gasteiger partial charge in [0.05, 0.1) is 26.2 Å². The monoisotopic (exact) mass is 329 g/mol. The fourth-order valence-corrected chi connectivity index (χ4v) is 3.49. The Balaban J connectivity index is 1.87. The second kappa shape index (κ2) is 7.16. The third kappa shape index (κ3) is 3.74. The quantitative estimate of drug-likeness (QED) is 0.917. The maximum atomic E-state index is 11.6. The SMILES string of the molecule is CC(=O)N1CC[NH+]([C@@H](c2ccccc2)c2ccc(Cl)cc2)CC1. The highest BCUT2D eigenvalue weighted by Crippen LogP contribution is 2.21. The van der Waals surface area contributed by atoms with Crippen LogP contribution in [0.15, 0.2) is 54.6 Å². The van der Waals surface area contributed by atoms with Crippen molar-refractivity contribution in [3.8, 4) is 0 Å². The van der Waals surface area contributed by atoms with E-state index in [1.165, 1.54) is 16.0 Å². The molecule has 0 radical (unpaired) electrons. The number of quaternary nitrogens is 1. The summed E-state index contributed by atoms with van der Waals surface area (Å²) in [6.45, 7) is 5.21. The molecule has 0 aliphatic carbocycles. The van der Waals surface area contributed by atoms with E-state index in [1.807, 2.05) is 23.1 Å². The van der Waals surface area contributed by atoms with Gasteiger partial charge in [-0.05, 0) is 12.1 Å². The maximum Gasteiger partial charge on any atom is 0.219 e. The van der Waals surface area contributed by atoms with Crippen LogP contribution in [0.5, 0.6) is 0 Å². The zero-order valence-electron chi connectivity index (χ0n) is 13.3. The van der Waals surface area contributed by atoms with Gasteiger partial charge in [-0.3, -0.25) is 4.79 Å². The highest BCUT2D eigenvalue weighted by molar-refractivity contribution is 6.30. The summed E-state index contributed by atoms with van der Waals surface area (Å²) in [5.41, 5.74) is 2.58. The lowest BCUT2D eigenvalue weighted by Crippen LogP contribution is -3.15. The Kier molecular flexibility index (Phi) is 4.99. The number of piperazine rings is 1. The van der Waals surface area contributed by atoms with Gasteiger partial charge in [-0.2, -0.15) is 0 Å². The van der Waals surface area contributed by atoms with E-state index in [2.05, 4.69) is 36.4 Å². The molecule has 1 atom stereocenters. The lowest BCUT2D eigenvalue weighted by atomic mass is 9.96. The van der Waals surface area contributed by atoms with Crippen molar-refractivity contribution in [2.75, 3.05) is 26.2 Å². The predicted octanol–water partition coefficient (Wildman–Crippen LogP) is 2.18. The first-order chi connectivity index (χ1) is 11.1. The third-order valence-corrected chi connectivity index (χ3v) is 4.85. The topological polar surface area (TPSA) is 24.8 Å². The molecule has 0 saturated carbocycles. The summed E-state index contributed by atoms with van der Waals surface area (Å²) in [4.78, 5) is 15.0. The summed E-state index contributed by atoms with van der Waals surface area (Å²) in [7, 11) is 0. The number of amides is 1. The summed E-state index contributed by atoms with van der Waals surface area (Å²) in [6, 6.07) is 19.0. The first-order valence-electron chi connectivity index (χ1n) is 8.05. The maximum absolute atomic E-state index is 11.6. The summed E-state index contributed by atoms with van der Waals surface area (Å²) in [6.07, 6.45) is 0. The van der Waals surface area contributed by atoms with Crippen LogP contribution in [0.3, 0.4) is 0 Å². The van der Waals surface area contributed by atoms with Gasteiger partial charge in [0, 0.05) is 23.1 Å². The second-order valence-corrected chi connectivity index (χ2v) is 6.50. The molecule has 4 heteroatoms. The van der Waals surface area contributed by atoms with Crippen LogP contribution in [0.25, 0.3) is 0 Å². The zero-order valence-corrected chi connectivity index (χ0v) is 14.1. The first-order valence-corrected chi connectivity index (χ1v) is 8.43. The normalized spacial score (nSPS) is 17.0. The van der Waals surface area contributed by atoms with Crippen molar-refractivity contribution in [2.45, 2.75) is 13.0 Å². The molecule has 0 aromatic heterocycles. The number of hydrogen-bond donors (Lipinski definition) is 1. The van der Waals surface area contributed by atoms with Gasteiger partial charge < -0.3 is 9.80 Å². The Labute approximate surface area is 142 Å². The van der Waals surface area contributed by atoms with Crippen molar-refractivity contribution < 1.29 is 9.69 Å². The van der Waals surface area contributed by atoms with Crippen LogP contribution in [-0.2, 0) is 4.79 Å². The van der Waals surface area contributed by atoms with Crippen LogP contribution >= 0.6 is 11.6 Å². The summed E-state index contributed by atoms with van der Waals surface area (Å²) in [5.74, 6) is 0.173. The number of nitrogens with one attached hydrogen (secondary N) is 1. The van der Waals surface area contributed by atoms with Crippen molar-refractivity contribution in [1.29, 1.82) is 0 Å². The van der Waals surface area contributed by atoms with E-state index in [1.54, 1.807) is 6.92 Å². The minimum Gasteiger partial charge on any atom is -0.332 e. The number of benzene rings is 2. The van der Waals surface area contributed by atoms with Crippen LogP contribution < -0.4 is 4.90 Å². The van der Waals surface area contributed by atoms with E-state index in [0.29, 0.717) is 0 Å². The molecule has 3 rings (SSSR count). The second-order valence-electron chi connectivity index (χ2n) is 6.06. The van der Waals surface area contributed by atoms with E-state index in [0.717, 1.165) is 31.2 Å². The minimum absolute atomic E-state index is 0.173. The molecule has 1 aliphatic heterocycles. The highest BCUT2D eigenvalue weighted by Gasteiger charge is 2.30. The molecule has 1 aliphatic rings. The van der Waals surface area contributed by atoms with Crippen LogP contribution in [-0.4, -0.2) is 37.0 Å². The fourth-order valence-electron chi connectivity index (χ4n) is 3.36. The molecule has 2 aromatic rings. The van der Waals surface area contributed by atoms with Crippen molar-refractivity contribution >= 4 is 17.5 Å². The van der Waals surface area contributed by atoms with Crippen LogP contribution in [0.1, 0.15) is 24.1 Å². The average molecular weight is 330 g/mol.